The molecule has 150 valence electrons. The lowest BCUT2D eigenvalue weighted by molar-refractivity contribution is 0.0920. The van der Waals surface area contributed by atoms with Crippen LogP contribution in [-0.4, -0.2) is 12.4 Å². The molecule has 4 aromatic rings. The van der Waals surface area contributed by atoms with Gasteiger partial charge in [0.15, 0.2) is 18.2 Å². The van der Waals surface area contributed by atoms with Gasteiger partial charge >= 0.3 is 0 Å². The first kappa shape index (κ1) is 20.2. The Morgan fingerprint density at radius 1 is 1.00 bits per heavy atom. The number of benzene rings is 3. The summed E-state index contributed by atoms with van der Waals surface area (Å²) in [5, 5.41) is 1.04. The summed E-state index contributed by atoms with van der Waals surface area (Å²) >= 11 is 12.4. The van der Waals surface area contributed by atoms with E-state index in [1.54, 1.807) is 48.5 Å². The molecule has 1 heterocycles. The summed E-state index contributed by atoms with van der Waals surface area (Å²) in [6, 6.07) is 18.8. The highest BCUT2D eigenvalue weighted by atomic mass is 35.5. The SMILES string of the molecule is Cc1ccc(C(=O)COc2c(-c3ccccc3Cl)oc3ccc(Cl)cc3c2=O)cc1. The van der Waals surface area contributed by atoms with Gasteiger partial charge in [0.1, 0.15) is 5.58 Å². The fourth-order valence-electron chi connectivity index (χ4n) is 3.06. The normalized spacial score (nSPS) is 10.9. The number of hydrogen-bond acceptors (Lipinski definition) is 4. The first-order valence-corrected chi connectivity index (χ1v) is 9.93. The number of aryl methyl sites for hydroxylation is 1. The van der Waals surface area contributed by atoms with Gasteiger partial charge in [-0.05, 0) is 37.3 Å². The van der Waals surface area contributed by atoms with Crippen molar-refractivity contribution in [2.45, 2.75) is 6.92 Å². The lowest BCUT2D eigenvalue weighted by atomic mass is 10.1. The van der Waals surface area contributed by atoms with Crippen LogP contribution >= 0.6 is 23.2 Å². The Hall–Kier alpha value is -3.08. The van der Waals surface area contributed by atoms with Crippen molar-refractivity contribution >= 4 is 40.0 Å². The predicted molar refractivity (Wildman–Crippen MR) is 119 cm³/mol. The van der Waals surface area contributed by atoms with Gasteiger partial charge in [-0.1, -0.05) is 65.2 Å². The number of carbonyl (C=O) groups is 1. The van der Waals surface area contributed by atoms with Gasteiger partial charge in [-0.3, -0.25) is 9.59 Å². The van der Waals surface area contributed by atoms with Gasteiger partial charge in [-0.25, -0.2) is 0 Å². The molecule has 6 heteroatoms. The number of ketones is 1. The monoisotopic (exact) mass is 438 g/mol. The molecule has 0 fully saturated rings. The van der Waals surface area contributed by atoms with Gasteiger partial charge in [-0.2, -0.15) is 0 Å². The molecule has 0 unspecified atom stereocenters. The van der Waals surface area contributed by atoms with Crippen LogP contribution in [0.25, 0.3) is 22.3 Å². The topological polar surface area (TPSA) is 56.5 Å². The summed E-state index contributed by atoms with van der Waals surface area (Å²) in [5.41, 5.74) is 1.95. The summed E-state index contributed by atoms with van der Waals surface area (Å²) in [6.07, 6.45) is 0. The highest BCUT2D eigenvalue weighted by Crippen LogP contribution is 2.35. The molecule has 0 radical (unpaired) electrons. The summed E-state index contributed by atoms with van der Waals surface area (Å²) in [7, 11) is 0. The molecule has 30 heavy (non-hydrogen) atoms. The quantitative estimate of drug-likeness (QED) is 0.341. The maximum absolute atomic E-state index is 13.2. The number of fused-ring (bicyclic) bond motifs is 1. The van der Waals surface area contributed by atoms with Crippen LogP contribution in [0.4, 0.5) is 0 Å². The van der Waals surface area contributed by atoms with E-state index in [4.69, 9.17) is 32.4 Å². The average Bonchev–Trinajstić information content (AvgIpc) is 2.74. The van der Waals surface area contributed by atoms with Crippen LogP contribution in [0, 0.1) is 6.92 Å². The largest absolute Gasteiger partial charge is 0.478 e. The minimum absolute atomic E-state index is 0.0849. The number of Topliss-reactive ketones (excluding diaryl/α,β-unsaturated/α-hetero) is 1. The van der Waals surface area contributed by atoms with Crippen molar-refractivity contribution < 1.29 is 13.9 Å². The van der Waals surface area contributed by atoms with Crippen LogP contribution in [0.2, 0.25) is 10.0 Å². The molecule has 4 nitrogen and oxygen atoms in total. The molecule has 3 aromatic carbocycles. The zero-order valence-corrected chi connectivity index (χ0v) is 17.5. The standard InChI is InChI=1S/C24H16Cl2O4/c1-14-6-8-15(9-7-14)20(27)13-29-24-22(28)18-12-16(25)10-11-21(18)30-23(24)17-4-2-3-5-19(17)26/h2-12H,13H2,1H3. The molecule has 0 saturated carbocycles. The Labute approximate surface area is 182 Å². The van der Waals surface area contributed by atoms with Crippen LogP contribution in [0.5, 0.6) is 5.75 Å². The highest BCUT2D eigenvalue weighted by Gasteiger charge is 2.21. The third kappa shape index (κ3) is 3.97. The lowest BCUT2D eigenvalue weighted by Gasteiger charge is -2.12. The minimum atomic E-state index is -0.426. The third-order valence-corrected chi connectivity index (χ3v) is 5.22. The highest BCUT2D eigenvalue weighted by molar-refractivity contribution is 6.33. The molecule has 0 amide bonds. The predicted octanol–water partition coefficient (Wildman–Crippen LogP) is 6.34. The van der Waals surface area contributed by atoms with E-state index in [0.29, 0.717) is 26.8 Å². The second-order valence-corrected chi connectivity index (χ2v) is 7.63. The van der Waals surface area contributed by atoms with Crippen molar-refractivity contribution in [2.24, 2.45) is 0 Å². The van der Waals surface area contributed by atoms with Gasteiger partial charge in [0.25, 0.3) is 0 Å². The van der Waals surface area contributed by atoms with Gasteiger partial charge < -0.3 is 9.15 Å². The number of ether oxygens (including phenoxy) is 1. The Balaban J connectivity index is 1.80. The summed E-state index contributed by atoms with van der Waals surface area (Å²) < 4.78 is 11.7. The zero-order chi connectivity index (χ0) is 21.3. The van der Waals surface area contributed by atoms with Crippen LogP contribution < -0.4 is 10.2 Å². The molecule has 0 aliphatic heterocycles. The van der Waals surface area contributed by atoms with E-state index in [9.17, 15) is 9.59 Å². The van der Waals surface area contributed by atoms with Gasteiger partial charge in [0.2, 0.25) is 11.2 Å². The molecule has 0 N–H and O–H groups in total. The van der Waals surface area contributed by atoms with E-state index < -0.39 is 5.43 Å². The fourth-order valence-corrected chi connectivity index (χ4v) is 3.46. The van der Waals surface area contributed by atoms with Crippen molar-refractivity contribution in [2.75, 3.05) is 6.61 Å². The van der Waals surface area contributed by atoms with Crippen molar-refractivity contribution in [1.82, 2.24) is 0 Å². The first-order valence-electron chi connectivity index (χ1n) is 9.18. The average molecular weight is 439 g/mol. The van der Waals surface area contributed by atoms with E-state index in [1.165, 1.54) is 6.07 Å². The Morgan fingerprint density at radius 2 is 1.73 bits per heavy atom. The lowest BCUT2D eigenvalue weighted by Crippen LogP contribution is -2.17. The summed E-state index contributed by atoms with van der Waals surface area (Å²) in [4.78, 5) is 25.8. The Kier molecular flexibility index (Phi) is 5.62. The van der Waals surface area contributed by atoms with E-state index in [-0.39, 0.29) is 29.3 Å². The number of halogens is 2. The van der Waals surface area contributed by atoms with Gasteiger partial charge in [-0.15, -0.1) is 0 Å². The summed E-state index contributed by atoms with van der Waals surface area (Å²) in [6.45, 7) is 1.61. The molecular formula is C24H16Cl2O4. The molecule has 0 aliphatic rings. The Morgan fingerprint density at radius 3 is 2.47 bits per heavy atom. The van der Waals surface area contributed by atoms with Crippen molar-refractivity contribution in [3.8, 4) is 17.1 Å². The van der Waals surface area contributed by atoms with Crippen LogP contribution in [0.15, 0.2) is 75.9 Å². The first-order chi connectivity index (χ1) is 14.4. The van der Waals surface area contributed by atoms with E-state index >= 15 is 0 Å². The van der Waals surface area contributed by atoms with Crippen LogP contribution in [0.1, 0.15) is 15.9 Å². The molecule has 4 rings (SSSR count). The number of hydrogen-bond donors (Lipinski definition) is 0. The minimum Gasteiger partial charge on any atom is -0.478 e. The second kappa shape index (κ2) is 8.34. The van der Waals surface area contributed by atoms with Crippen LogP contribution in [0.3, 0.4) is 0 Å². The molecule has 1 aromatic heterocycles. The molecule has 0 atom stereocenters. The summed E-state index contributed by atoms with van der Waals surface area (Å²) in [5.74, 6) is -0.179. The van der Waals surface area contributed by atoms with E-state index in [1.807, 2.05) is 19.1 Å². The second-order valence-electron chi connectivity index (χ2n) is 6.79. The molecule has 0 bridgehead atoms. The van der Waals surface area contributed by atoms with Crippen LogP contribution in [-0.2, 0) is 0 Å². The molecular weight excluding hydrogens is 423 g/mol. The smallest absolute Gasteiger partial charge is 0.235 e. The van der Waals surface area contributed by atoms with E-state index in [0.717, 1.165) is 5.56 Å². The van der Waals surface area contributed by atoms with Crippen molar-refractivity contribution in [3.63, 3.8) is 0 Å². The van der Waals surface area contributed by atoms with E-state index in [2.05, 4.69) is 0 Å². The van der Waals surface area contributed by atoms with Crippen molar-refractivity contribution in [3.05, 3.63) is 98.1 Å². The Bertz CT molecular complexity index is 1310. The van der Waals surface area contributed by atoms with Crippen molar-refractivity contribution in [1.29, 1.82) is 0 Å². The molecule has 0 aliphatic carbocycles. The molecule has 0 spiro atoms. The maximum Gasteiger partial charge on any atom is 0.235 e. The zero-order valence-electron chi connectivity index (χ0n) is 15.9. The van der Waals surface area contributed by atoms with Gasteiger partial charge in [0.05, 0.1) is 10.4 Å². The fraction of sp³-hybridized carbons (Fsp3) is 0.0833. The number of carbonyl (C=O) groups excluding carboxylic acids is 1. The van der Waals surface area contributed by atoms with Gasteiger partial charge in [0, 0.05) is 16.1 Å². The third-order valence-electron chi connectivity index (χ3n) is 4.65. The maximum atomic E-state index is 13.2. The number of rotatable bonds is 5. The molecule has 0 saturated heterocycles.